The van der Waals surface area contributed by atoms with Crippen molar-refractivity contribution < 1.29 is 13.4 Å². The Balaban J connectivity index is 1.79. The summed E-state index contributed by atoms with van der Waals surface area (Å²) in [5, 5.41) is 3.99. The summed E-state index contributed by atoms with van der Waals surface area (Å²) in [4.78, 5) is 17.3. The van der Waals surface area contributed by atoms with Crippen LogP contribution in [0.4, 0.5) is 15.8 Å². The van der Waals surface area contributed by atoms with Gasteiger partial charge in [-0.2, -0.15) is 0 Å². The molecule has 0 saturated heterocycles. The van der Waals surface area contributed by atoms with Crippen molar-refractivity contribution in [3.8, 4) is 0 Å². The van der Waals surface area contributed by atoms with Crippen LogP contribution in [0.5, 0.6) is 0 Å². The summed E-state index contributed by atoms with van der Waals surface area (Å²) in [7, 11) is -1.86. The molecule has 0 saturated carbocycles. The summed E-state index contributed by atoms with van der Waals surface area (Å²) < 4.78 is 29.3. The fraction of sp³-hybridized carbons (Fsp3) is 0.111. The van der Waals surface area contributed by atoms with Crippen LogP contribution in [0.25, 0.3) is 0 Å². The summed E-state index contributed by atoms with van der Waals surface area (Å²) in [6, 6.07) is 10.4. The average Bonchev–Trinajstić information content (AvgIpc) is 2.97. The lowest BCUT2D eigenvalue weighted by atomic mass is 10.3. The lowest BCUT2D eigenvalue weighted by Gasteiger charge is -2.10. The van der Waals surface area contributed by atoms with Gasteiger partial charge < -0.3 is 10.0 Å². The fourth-order valence-electron chi connectivity index (χ4n) is 2.33. The quantitative estimate of drug-likeness (QED) is 0.610. The van der Waals surface area contributed by atoms with Gasteiger partial charge in [0.1, 0.15) is 11.5 Å². The molecular formula is C18H15ClFN3O2S2. The van der Waals surface area contributed by atoms with Gasteiger partial charge in [-0.05, 0) is 56.3 Å². The van der Waals surface area contributed by atoms with Crippen LogP contribution in [-0.4, -0.2) is 15.1 Å². The Morgan fingerprint density at radius 3 is 2.44 bits per heavy atom. The molecule has 0 radical (unpaired) electrons. The number of amides is 1. The molecule has 2 N–H and O–H groups in total. The Hall–Kier alpha value is -2.29. The first-order valence-electron chi connectivity index (χ1n) is 7.82. The molecule has 0 fully saturated rings. The Kier molecular flexibility index (Phi) is 5.88. The second kappa shape index (κ2) is 8.16. The summed E-state index contributed by atoms with van der Waals surface area (Å²) in [5.74, 6) is -1.04. The molecule has 9 heteroatoms. The summed E-state index contributed by atoms with van der Waals surface area (Å²) in [6.07, 6.45) is 0. The second-order valence-electron chi connectivity index (χ2n) is 5.61. The van der Waals surface area contributed by atoms with Crippen molar-refractivity contribution in [2.45, 2.75) is 18.7 Å². The van der Waals surface area contributed by atoms with Crippen LogP contribution in [0.1, 0.15) is 20.4 Å². The molecule has 3 rings (SSSR count). The molecule has 5 nitrogen and oxygen atoms in total. The third-order valence-corrected chi connectivity index (χ3v) is 5.83. The van der Waals surface area contributed by atoms with E-state index in [0.29, 0.717) is 22.1 Å². The highest BCUT2D eigenvalue weighted by Crippen LogP contribution is 2.23. The van der Waals surface area contributed by atoms with E-state index in [4.69, 9.17) is 11.6 Å². The summed E-state index contributed by atoms with van der Waals surface area (Å²) in [5.41, 5.74) is 1.18. The molecule has 0 aliphatic carbocycles. The predicted octanol–water partition coefficient (Wildman–Crippen LogP) is 4.94. The van der Waals surface area contributed by atoms with Gasteiger partial charge in [-0.15, -0.1) is 11.3 Å². The van der Waals surface area contributed by atoms with Gasteiger partial charge in [0.2, 0.25) is 0 Å². The molecule has 0 aliphatic rings. The molecule has 0 aliphatic heterocycles. The zero-order valence-electron chi connectivity index (χ0n) is 14.4. The van der Waals surface area contributed by atoms with E-state index in [0.717, 1.165) is 16.0 Å². The largest absolute Gasteiger partial charge is 0.321 e. The third kappa shape index (κ3) is 4.71. The van der Waals surface area contributed by atoms with Crippen LogP contribution in [0.3, 0.4) is 0 Å². The van der Waals surface area contributed by atoms with E-state index in [1.807, 2.05) is 6.92 Å². The first kappa shape index (κ1) is 19.5. The Morgan fingerprint density at radius 2 is 1.81 bits per heavy atom. The molecule has 0 bridgehead atoms. The monoisotopic (exact) mass is 423 g/mol. The van der Waals surface area contributed by atoms with Gasteiger partial charge in [0.15, 0.2) is 11.0 Å². The Labute approximate surface area is 167 Å². The van der Waals surface area contributed by atoms with E-state index in [2.05, 4.69) is 15.0 Å². The van der Waals surface area contributed by atoms with Gasteiger partial charge >= 0.3 is 0 Å². The first-order valence-corrected chi connectivity index (χ1v) is 10.2. The minimum Gasteiger partial charge on any atom is -0.321 e. The van der Waals surface area contributed by atoms with E-state index >= 15 is 0 Å². The highest BCUT2D eigenvalue weighted by atomic mass is 35.5. The van der Waals surface area contributed by atoms with Crippen LogP contribution >= 0.6 is 22.9 Å². The average molecular weight is 424 g/mol. The van der Waals surface area contributed by atoms with Crippen molar-refractivity contribution in [2.75, 3.05) is 10.0 Å². The lowest BCUT2D eigenvalue weighted by Crippen LogP contribution is -2.14. The van der Waals surface area contributed by atoms with Gasteiger partial charge in [-0.25, -0.2) is 13.6 Å². The molecule has 140 valence electrons. The third-order valence-electron chi connectivity index (χ3n) is 3.56. The van der Waals surface area contributed by atoms with E-state index in [1.54, 1.807) is 31.2 Å². The number of nitrogens with one attached hydrogen (secondary N) is 2. The summed E-state index contributed by atoms with van der Waals surface area (Å²) >= 11 is 7.24. The van der Waals surface area contributed by atoms with E-state index < -0.39 is 22.7 Å². The molecule has 3 aromatic rings. The molecule has 1 unspecified atom stereocenters. The maximum atomic E-state index is 14.1. The van der Waals surface area contributed by atoms with Gasteiger partial charge in [0.05, 0.1) is 9.90 Å². The molecular weight excluding hydrogens is 409 g/mol. The van der Waals surface area contributed by atoms with Crippen LogP contribution in [-0.2, 0) is 11.0 Å². The van der Waals surface area contributed by atoms with Gasteiger partial charge in [0.25, 0.3) is 5.91 Å². The van der Waals surface area contributed by atoms with Crippen LogP contribution in [0.2, 0.25) is 5.02 Å². The highest BCUT2D eigenvalue weighted by molar-refractivity contribution is 7.86. The molecule has 27 heavy (non-hydrogen) atoms. The van der Waals surface area contributed by atoms with Crippen molar-refractivity contribution in [3.63, 3.8) is 0 Å². The standard InChI is InChI=1S/C18H15ClFN3O2S2/c1-10-17(21-11(2)26-10)18(24)22-14-7-8-15(20)16(9-14)27(25)23-13-5-3-12(19)4-6-13/h3-9,23H,1-2H3,(H,22,24). The minimum absolute atomic E-state index is 0.0751. The zero-order chi connectivity index (χ0) is 19.6. The number of halogens is 2. The number of carbonyl (C=O) groups excluding carboxylic acids is 1. The molecule has 2 aromatic carbocycles. The number of carbonyl (C=O) groups is 1. The van der Waals surface area contributed by atoms with Crippen LogP contribution in [0.15, 0.2) is 47.4 Å². The first-order chi connectivity index (χ1) is 12.8. The smallest absolute Gasteiger partial charge is 0.275 e. The number of nitrogens with zero attached hydrogens (tertiary/aromatic N) is 1. The normalized spacial score (nSPS) is 11.9. The number of thiazole rings is 1. The Bertz CT molecular complexity index is 1020. The van der Waals surface area contributed by atoms with Crippen molar-refractivity contribution in [3.05, 3.63) is 68.9 Å². The van der Waals surface area contributed by atoms with Crippen molar-refractivity contribution >= 4 is 51.2 Å². The van der Waals surface area contributed by atoms with Crippen molar-refractivity contribution in [2.24, 2.45) is 0 Å². The number of hydrogen-bond donors (Lipinski definition) is 2. The molecule has 1 heterocycles. The number of hydrogen-bond acceptors (Lipinski definition) is 4. The minimum atomic E-state index is -1.86. The van der Waals surface area contributed by atoms with Gasteiger partial charge in [0, 0.05) is 21.3 Å². The van der Waals surface area contributed by atoms with E-state index in [9.17, 15) is 13.4 Å². The van der Waals surface area contributed by atoms with E-state index in [-0.39, 0.29) is 4.90 Å². The molecule has 1 atom stereocenters. The topological polar surface area (TPSA) is 71.1 Å². The molecule has 0 spiro atoms. The number of benzene rings is 2. The number of aryl methyl sites for hydroxylation is 2. The molecule has 1 aromatic heterocycles. The Morgan fingerprint density at radius 1 is 1.15 bits per heavy atom. The maximum Gasteiger partial charge on any atom is 0.275 e. The maximum absolute atomic E-state index is 14.1. The number of rotatable bonds is 5. The summed E-state index contributed by atoms with van der Waals surface area (Å²) in [6.45, 7) is 3.62. The van der Waals surface area contributed by atoms with Crippen molar-refractivity contribution in [1.29, 1.82) is 0 Å². The fourth-order valence-corrected chi connectivity index (χ4v) is 4.21. The van der Waals surface area contributed by atoms with Crippen molar-refractivity contribution in [1.82, 2.24) is 4.98 Å². The lowest BCUT2D eigenvalue weighted by molar-refractivity contribution is 0.102. The number of aromatic nitrogens is 1. The second-order valence-corrected chi connectivity index (χ2v) is 8.64. The highest BCUT2D eigenvalue weighted by Gasteiger charge is 2.16. The zero-order valence-corrected chi connectivity index (χ0v) is 16.8. The van der Waals surface area contributed by atoms with E-state index in [1.165, 1.54) is 23.5 Å². The van der Waals surface area contributed by atoms with Crippen LogP contribution < -0.4 is 10.0 Å². The van der Waals surface area contributed by atoms with Gasteiger partial charge in [-0.1, -0.05) is 11.6 Å². The van der Waals surface area contributed by atoms with Crippen LogP contribution in [0, 0.1) is 19.7 Å². The molecule has 1 amide bonds. The SMILES string of the molecule is Cc1nc(C(=O)Nc2ccc(F)c(S(=O)Nc3ccc(Cl)cc3)c2)c(C)s1. The van der Waals surface area contributed by atoms with Gasteiger partial charge in [-0.3, -0.25) is 4.79 Å². The number of anilines is 2. The predicted molar refractivity (Wildman–Crippen MR) is 107 cm³/mol.